The number of hydrogen-bond acceptors (Lipinski definition) is 2. The molecule has 0 radical (unpaired) electrons. The lowest BCUT2D eigenvalue weighted by Gasteiger charge is -2.38. The quantitative estimate of drug-likeness (QED) is 0.618. The van der Waals surface area contributed by atoms with Gasteiger partial charge in [-0.1, -0.05) is 25.7 Å². The Hall–Kier alpha value is -1.26. The fourth-order valence-electron chi connectivity index (χ4n) is 4.22. The third kappa shape index (κ3) is 3.55. The summed E-state index contributed by atoms with van der Waals surface area (Å²) < 4.78 is 0. The molecule has 1 saturated heterocycles. The van der Waals surface area contributed by atoms with Crippen molar-refractivity contribution in [2.45, 2.75) is 63.8 Å². The Morgan fingerprint density at radius 2 is 1.95 bits per heavy atom. The number of amides is 1. The molecular weight excluding hydrogens is 276 g/mol. The lowest BCUT2D eigenvalue weighted by molar-refractivity contribution is -0.120. The first-order chi connectivity index (χ1) is 10.7. The highest BCUT2D eigenvalue weighted by atomic mass is 16.2. The van der Waals surface area contributed by atoms with Gasteiger partial charge in [-0.3, -0.25) is 9.79 Å². The number of carbonyl (C=O) groups excluding carboxylic acids is 1. The second-order valence-electron chi connectivity index (χ2n) is 7.33. The predicted molar refractivity (Wildman–Crippen MR) is 88.9 cm³/mol. The van der Waals surface area contributed by atoms with Crippen molar-refractivity contribution in [2.24, 2.45) is 10.4 Å². The van der Waals surface area contributed by atoms with Crippen LogP contribution in [0.5, 0.6) is 0 Å². The second-order valence-corrected chi connectivity index (χ2v) is 7.33. The number of rotatable bonds is 3. The van der Waals surface area contributed by atoms with Crippen molar-refractivity contribution in [1.82, 2.24) is 15.5 Å². The molecule has 0 unspecified atom stereocenters. The molecular formula is C17H30N4O. The molecule has 5 heteroatoms. The van der Waals surface area contributed by atoms with Crippen LogP contribution in [0.1, 0.15) is 57.8 Å². The fourth-order valence-corrected chi connectivity index (χ4v) is 4.22. The molecule has 0 aromatic carbocycles. The predicted octanol–water partition coefficient (Wildman–Crippen LogP) is 1.89. The molecule has 0 aromatic rings. The Morgan fingerprint density at radius 3 is 2.55 bits per heavy atom. The van der Waals surface area contributed by atoms with Crippen LogP contribution in [0.4, 0.5) is 0 Å². The Balaban J connectivity index is 1.42. The number of likely N-dealkylation sites (tertiary alicyclic amines) is 1. The van der Waals surface area contributed by atoms with Gasteiger partial charge in [-0.05, 0) is 37.5 Å². The molecule has 3 rings (SSSR count). The van der Waals surface area contributed by atoms with E-state index in [2.05, 4.69) is 20.5 Å². The summed E-state index contributed by atoms with van der Waals surface area (Å²) in [5.41, 5.74) is 0.558. The van der Waals surface area contributed by atoms with E-state index in [0.29, 0.717) is 18.0 Å². The summed E-state index contributed by atoms with van der Waals surface area (Å²) in [6, 6.07) is 0.384. The van der Waals surface area contributed by atoms with Gasteiger partial charge in [0.05, 0.1) is 6.54 Å². The summed E-state index contributed by atoms with van der Waals surface area (Å²) >= 11 is 0. The van der Waals surface area contributed by atoms with E-state index in [1.54, 1.807) is 0 Å². The molecule has 2 aliphatic carbocycles. The third-order valence-electron chi connectivity index (χ3n) is 5.74. The number of guanidine groups is 1. The summed E-state index contributed by atoms with van der Waals surface area (Å²) in [7, 11) is 1.81. The van der Waals surface area contributed by atoms with Gasteiger partial charge in [-0.2, -0.15) is 0 Å². The summed E-state index contributed by atoms with van der Waals surface area (Å²) in [6.07, 6.45) is 11.5. The Morgan fingerprint density at radius 1 is 1.18 bits per heavy atom. The maximum absolute atomic E-state index is 12.1. The van der Waals surface area contributed by atoms with Gasteiger partial charge in [-0.15, -0.1) is 0 Å². The van der Waals surface area contributed by atoms with E-state index in [4.69, 9.17) is 0 Å². The van der Waals surface area contributed by atoms with Gasteiger partial charge in [0.15, 0.2) is 5.96 Å². The highest BCUT2D eigenvalue weighted by molar-refractivity contribution is 5.86. The van der Waals surface area contributed by atoms with Crippen molar-refractivity contribution in [3.63, 3.8) is 0 Å². The molecule has 0 bridgehead atoms. The molecule has 1 aliphatic heterocycles. The molecule has 124 valence electrons. The van der Waals surface area contributed by atoms with Crippen molar-refractivity contribution in [3.8, 4) is 0 Å². The van der Waals surface area contributed by atoms with Crippen LogP contribution in [0.3, 0.4) is 0 Å². The van der Waals surface area contributed by atoms with Crippen molar-refractivity contribution >= 4 is 11.9 Å². The topological polar surface area (TPSA) is 56.7 Å². The minimum Gasteiger partial charge on any atom is -0.352 e. The Bertz CT molecular complexity index is 424. The molecule has 2 N–H and O–H groups in total. The van der Waals surface area contributed by atoms with E-state index in [-0.39, 0.29) is 5.91 Å². The highest BCUT2D eigenvalue weighted by Gasteiger charge is 2.43. The molecule has 3 fully saturated rings. The van der Waals surface area contributed by atoms with Crippen LogP contribution in [0, 0.1) is 5.41 Å². The van der Waals surface area contributed by atoms with Crippen molar-refractivity contribution in [2.75, 3.05) is 26.7 Å². The molecule has 22 heavy (non-hydrogen) atoms. The Kier molecular flexibility index (Phi) is 4.89. The van der Waals surface area contributed by atoms with E-state index >= 15 is 0 Å². The Labute approximate surface area is 133 Å². The van der Waals surface area contributed by atoms with E-state index in [9.17, 15) is 4.79 Å². The molecule has 1 spiro atoms. The summed E-state index contributed by atoms with van der Waals surface area (Å²) in [4.78, 5) is 18.8. The SMILES string of the molecule is CN=C(NCC(=O)NC1CCCCC1)N1CCC2(CCC2)C1. The zero-order valence-electron chi connectivity index (χ0n) is 13.9. The lowest BCUT2D eigenvalue weighted by Crippen LogP contribution is -2.47. The molecule has 0 aromatic heterocycles. The number of carbonyl (C=O) groups is 1. The van der Waals surface area contributed by atoms with Gasteiger partial charge in [-0.25, -0.2) is 0 Å². The van der Waals surface area contributed by atoms with Crippen molar-refractivity contribution < 1.29 is 4.79 Å². The van der Waals surface area contributed by atoms with Crippen LogP contribution in [0.15, 0.2) is 4.99 Å². The lowest BCUT2D eigenvalue weighted by atomic mass is 9.68. The van der Waals surface area contributed by atoms with Gasteiger partial charge in [0.1, 0.15) is 0 Å². The van der Waals surface area contributed by atoms with E-state index in [0.717, 1.165) is 31.9 Å². The smallest absolute Gasteiger partial charge is 0.239 e. The minimum atomic E-state index is 0.102. The van der Waals surface area contributed by atoms with Gasteiger partial charge in [0.2, 0.25) is 5.91 Å². The average molecular weight is 306 g/mol. The molecule has 2 saturated carbocycles. The summed E-state index contributed by atoms with van der Waals surface area (Å²) in [5, 5.41) is 6.40. The maximum Gasteiger partial charge on any atom is 0.239 e. The van der Waals surface area contributed by atoms with Gasteiger partial charge < -0.3 is 15.5 Å². The monoisotopic (exact) mass is 306 g/mol. The van der Waals surface area contributed by atoms with Gasteiger partial charge >= 0.3 is 0 Å². The summed E-state index contributed by atoms with van der Waals surface area (Å²) in [5.74, 6) is 0.994. The zero-order valence-corrected chi connectivity index (χ0v) is 13.9. The van der Waals surface area contributed by atoms with E-state index < -0.39 is 0 Å². The second kappa shape index (κ2) is 6.88. The van der Waals surface area contributed by atoms with Crippen LogP contribution in [-0.4, -0.2) is 49.5 Å². The first kappa shape index (κ1) is 15.6. The number of nitrogens with one attached hydrogen (secondary N) is 2. The average Bonchev–Trinajstić information content (AvgIpc) is 2.95. The van der Waals surface area contributed by atoms with Crippen molar-refractivity contribution in [1.29, 1.82) is 0 Å². The summed E-state index contributed by atoms with van der Waals surface area (Å²) in [6.45, 7) is 2.52. The van der Waals surface area contributed by atoms with Gasteiger partial charge in [0.25, 0.3) is 0 Å². The van der Waals surface area contributed by atoms with E-state index in [1.165, 1.54) is 44.9 Å². The van der Waals surface area contributed by atoms with Crippen LogP contribution in [-0.2, 0) is 4.79 Å². The molecule has 3 aliphatic rings. The number of aliphatic imine (C=N–C) groups is 1. The standard InChI is InChI=1S/C17H30N4O/c1-18-16(21-11-10-17(13-21)8-5-9-17)19-12-15(22)20-14-6-3-2-4-7-14/h14H,2-13H2,1H3,(H,18,19)(H,20,22). The maximum atomic E-state index is 12.1. The van der Waals surface area contributed by atoms with Crippen LogP contribution < -0.4 is 10.6 Å². The number of nitrogens with zero attached hydrogens (tertiary/aromatic N) is 2. The third-order valence-corrected chi connectivity index (χ3v) is 5.74. The van der Waals surface area contributed by atoms with Crippen LogP contribution in [0.2, 0.25) is 0 Å². The minimum absolute atomic E-state index is 0.102. The molecule has 5 nitrogen and oxygen atoms in total. The first-order valence-corrected chi connectivity index (χ1v) is 8.96. The molecule has 1 amide bonds. The molecule has 1 heterocycles. The zero-order chi connectivity index (χ0) is 15.4. The van der Waals surface area contributed by atoms with Gasteiger partial charge in [0, 0.05) is 26.2 Å². The fraction of sp³-hybridized carbons (Fsp3) is 0.882. The highest BCUT2D eigenvalue weighted by Crippen LogP contribution is 2.47. The normalized spacial score (nSPS) is 25.1. The first-order valence-electron chi connectivity index (χ1n) is 8.96. The van der Waals surface area contributed by atoms with Crippen LogP contribution in [0.25, 0.3) is 0 Å². The molecule has 0 atom stereocenters. The van der Waals surface area contributed by atoms with E-state index in [1.807, 2.05) is 7.05 Å². The number of hydrogen-bond donors (Lipinski definition) is 2. The van der Waals surface area contributed by atoms with Crippen molar-refractivity contribution in [3.05, 3.63) is 0 Å². The van der Waals surface area contributed by atoms with Crippen LogP contribution >= 0.6 is 0 Å². The largest absolute Gasteiger partial charge is 0.352 e.